The molecule has 0 radical (unpaired) electrons. The fourth-order valence-corrected chi connectivity index (χ4v) is 2.93. The molecule has 1 aliphatic rings. The van der Waals surface area contributed by atoms with E-state index in [2.05, 4.69) is 11.8 Å². The summed E-state index contributed by atoms with van der Waals surface area (Å²) >= 11 is 0. The lowest BCUT2D eigenvalue weighted by molar-refractivity contribution is -0.139. The van der Waals surface area contributed by atoms with Gasteiger partial charge < -0.3 is 9.52 Å². The quantitative estimate of drug-likeness (QED) is 0.938. The van der Waals surface area contributed by atoms with Crippen LogP contribution in [0.5, 0.6) is 0 Å². The van der Waals surface area contributed by atoms with E-state index in [1.807, 2.05) is 36.4 Å². The fourth-order valence-electron chi connectivity index (χ4n) is 2.93. The number of hydrogen-bond acceptors (Lipinski definition) is 3. The molecule has 0 spiro atoms. The zero-order valence-electron chi connectivity index (χ0n) is 12.1. The Hall–Kier alpha value is -2.07. The molecule has 0 fully saturated rings. The number of hydrogen-bond donors (Lipinski definition) is 1. The standard InChI is InChI=1S/C17H19NO3/c1-2-13-7-8-14(21-13)10-18-9-12-5-3-4-6-15(12)16(11-18)17(19)20/h3-8,16H,2,9-11H2,1H3,(H,19,20). The SMILES string of the molecule is CCc1ccc(CN2Cc3ccccc3C(C(=O)O)C2)o1. The first-order valence-corrected chi connectivity index (χ1v) is 7.28. The summed E-state index contributed by atoms with van der Waals surface area (Å²) < 4.78 is 5.73. The van der Waals surface area contributed by atoms with Gasteiger partial charge in [0.05, 0.1) is 12.5 Å². The average molecular weight is 285 g/mol. The lowest BCUT2D eigenvalue weighted by Crippen LogP contribution is -2.36. The third-order valence-electron chi connectivity index (χ3n) is 4.01. The van der Waals surface area contributed by atoms with Gasteiger partial charge in [0.2, 0.25) is 0 Å². The van der Waals surface area contributed by atoms with Crippen molar-refractivity contribution in [2.24, 2.45) is 0 Å². The van der Waals surface area contributed by atoms with Gasteiger partial charge >= 0.3 is 5.97 Å². The lowest BCUT2D eigenvalue weighted by Gasteiger charge is -2.32. The first-order valence-electron chi connectivity index (χ1n) is 7.28. The number of carboxylic acid groups (broad SMARTS) is 1. The monoisotopic (exact) mass is 285 g/mol. The first kappa shape index (κ1) is 13.9. The van der Waals surface area contributed by atoms with Gasteiger partial charge in [-0.1, -0.05) is 31.2 Å². The van der Waals surface area contributed by atoms with E-state index in [0.717, 1.165) is 35.6 Å². The van der Waals surface area contributed by atoms with Crippen LogP contribution in [0.4, 0.5) is 0 Å². The van der Waals surface area contributed by atoms with Crippen molar-refractivity contribution in [1.82, 2.24) is 4.90 Å². The molecule has 3 rings (SSSR count). The number of rotatable bonds is 4. The Kier molecular flexibility index (Phi) is 3.80. The minimum Gasteiger partial charge on any atom is -0.481 e. The molecule has 0 aliphatic carbocycles. The molecular formula is C17H19NO3. The van der Waals surface area contributed by atoms with E-state index in [1.54, 1.807) is 0 Å². The van der Waals surface area contributed by atoms with Crippen LogP contribution >= 0.6 is 0 Å². The molecule has 0 amide bonds. The molecule has 0 saturated heterocycles. The van der Waals surface area contributed by atoms with E-state index >= 15 is 0 Å². The van der Waals surface area contributed by atoms with Crippen LogP contribution in [-0.4, -0.2) is 22.5 Å². The summed E-state index contributed by atoms with van der Waals surface area (Å²) in [5.41, 5.74) is 2.04. The molecule has 0 bridgehead atoms. The van der Waals surface area contributed by atoms with Crippen LogP contribution in [0.1, 0.15) is 35.5 Å². The van der Waals surface area contributed by atoms with Crippen LogP contribution in [0.2, 0.25) is 0 Å². The summed E-state index contributed by atoms with van der Waals surface area (Å²) in [5.74, 6) is 0.643. The van der Waals surface area contributed by atoms with Crippen LogP contribution in [0.15, 0.2) is 40.8 Å². The largest absolute Gasteiger partial charge is 0.481 e. The molecule has 4 heteroatoms. The number of fused-ring (bicyclic) bond motifs is 1. The van der Waals surface area contributed by atoms with Crippen molar-refractivity contribution in [3.8, 4) is 0 Å². The molecule has 2 aromatic rings. The third-order valence-corrected chi connectivity index (χ3v) is 4.01. The summed E-state index contributed by atoms with van der Waals surface area (Å²) in [6.07, 6.45) is 0.876. The molecule has 110 valence electrons. The van der Waals surface area contributed by atoms with Crippen LogP contribution in [0, 0.1) is 0 Å². The van der Waals surface area contributed by atoms with Crippen molar-refractivity contribution in [1.29, 1.82) is 0 Å². The van der Waals surface area contributed by atoms with Gasteiger partial charge in [-0.15, -0.1) is 0 Å². The van der Waals surface area contributed by atoms with Crippen molar-refractivity contribution in [2.45, 2.75) is 32.4 Å². The summed E-state index contributed by atoms with van der Waals surface area (Å²) in [7, 11) is 0. The van der Waals surface area contributed by atoms with Crippen molar-refractivity contribution in [2.75, 3.05) is 6.54 Å². The second kappa shape index (κ2) is 5.74. The van der Waals surface area contributed by atoms with Gasteiger partial charge in [0.25, 0.3) is 0 Å². The highest BCUT2D eigenvalue weighted by Crippen LogP contribution is 2.29. The molecule has 0 saturated carbocycles. The predicted octanol–water partition coefficient (Wildman–Crippen LogP) is 3.03. The third kappa shape index (κ3) is 2.85. The average Bonchev–Trinajstić information content (AvgIpc) is 2.94. The summed E-state index contributed by atoms with van der Waals surface area (Å²) in [4.78, 5) is 13.7. The molecule has 21 heavy (non-hydrogen) atoms. The van der Waals surface area contributed by atoms with E-state index in [-0.39, 0.29) is 0 Å². The maximum Gasteiger partial charge on any atom is 0.312 e. The molecule has 1 N–H and O–H groups in total. The van der Waals surface area contributed by atoms with E-state index in [0.29, 0.717) is 13.1 Å². The normalized spacial score (nSPS) is 18.4. The number of benzene rings is 1. The molecular weight excluding hydrogens is 266 g/mol. The molecule has 1 aromatic carbocycles. The van der Waals surface area contributed by atoms with Gasteiger partial charge in [-0.3, -0.25) is 9.69 Å². The first-order chi connectivity index (χ1) is 10.2. The topological polar surface area (TPSA) is 53.7 Å². The number of furan rings is 1. The van der Waals surface area contributed by atoms with Gasteiger partial charge in [-0.05, 0) is 23.3 Å². The smallest absolute Gasteiger partial charge is 0.312 e. The van der Waals surface area contributed by atoms with Gasteiger partial charge in [0.15, 0.2) is 0 Å². The Balaban J connectivity index is 1.81. The molecule has 1 aliphatic heterocycles. The Morgan fingerprint density at radius 1 is 1.29 bits per heavy atom. The Bertz CT molecular complexity index is 647. The van der Waals surface area contributed by atoms with E-state index < -0.39 is 11.9 Å². The van der Waals surface area contributed by atoms with E-state index in [9.17, 15) is 9.90 Å². The summed E-state index contributed by atoms with van der Waals surface area (Å²) in [5, 5.41) is 9.46. The predicted molar refractivity (Wildman–Crippen MR) is 79.0 cm³/mol. The molecule has 1 aromatic heterocycles. The summed E-state index contributed by atoms with van der Waals surface area (Å²) in [6.45, 7) is 3.99. The molecule has 1 atom stereocenters. The second-order valence-corrected chi connectivity index (χ2v) is 5.48. The van der Waals surface area contributed by atoms with Crippen molar-refractivity contribution in [3.63, 3.8) is 0 Å². The van der Waals surface area contributed by atoms with Crippen molar-refractivity contribution in [3.05, 3.63) is 59.0 Å². The highest BCUT2D eigenvalue weighted by Gasteiger charge is 2.30. The van der Waals surface area contributed by atoms with Crippen LogP contribution in [0.3, 0.4) is 0 Å². The molecule has 2 heterocycles. The van der Waals surface area contributed by atoms with Gasteiger partial charge in [-0.25, -0.2) is 0 Å². The highest BCUT2D eigenvalue weighted by molar-refractivity contribution is 5.77. The van der Waals surface area contributed by atoms with Crippen LogP contribution < -0.4 is 0 Å². The second-order valence-electron chi connectivity index (χ2n) is 5.48. The number of nitrogens with zero attached hydrogens (tertiary/aromatic N) is 1. The maximum absolute atomic E-state index is 11.5. The summed E-state index contributed by atoms with van der Waals surface area (Å²) in [6, 6.07) is 11.8. The Morgan fingerprint density at radius 3 is 2.76 bits per heavy atom. The maximum atomic E-state index is 11.5. The van der Waals surface area contributed by atoms with Gasteiger partial charge in [0, 0.05) is 19.5 Å². The zero-order valence-corrected chi connectivity index (χ0v) is 12.1. The number of aliphatic carboxylic acids is 1. The number of aryl methyl sites for hydroxylation is 1. The molecule has 1 unspecified atom stereocenters. The molecule has 4 nitrogen and oxygen atoms in total. The van der Waals surface area contributed by atoms with Crippen LogP contribution in [0.25, 0.3) is 0 Å². The Morgan fingerprint density at radius 2 is 2.05 bits per heavy atom. The number of carboxylic acids is 1. The minimum absolute atomic E-state index is 0.462. The fraction of sp³-hybridized carbons (Fsp3) is 0.353. The van der Waals surface area contributed by atoms with Gasteiger partial charge in [-0.2, -0.15) is 0 Å². The van der Waals surface area contributed by atoms with Crippen LogP contribution in [-0.2, 0) is 24.3 Å². The van der Waals surface area contributed by atoms with E-state index in [4.69, 9.17) is 4.42 Å². The Labute approximate surface area is 124 Å². The number of carbonyl (C=O) groups is 1. The van der Waals surface area contributed by atoms with Crippen molar-refractivity contribution >= 4 is 5.97 Å². The lowest BCUT2D eigenvalue weighted by atomic mass is 9.90. The zero-order chi connectivity index (χ0) is 14.8. The highest BCUT2D eigenvalue weighted by atomic mass is 16.4. The minimum atomic E-state index is -0.763. The van der Waals surface area contributed by atoms with Crippen molar-refractivity contribution < 1.29 is 14.3 Å². The van der Waals surface area contributed by atoms with E-state index in [1.165, 1.54) is 0 Å². The van der Waals surface area contributed by atoms with Gasteiger partial charge in [0.1, 0.15) is 11.5 Å².